The van der Waals surface area contributed by atoms with Gasteiger partial charge in [-0.3, -0.25) is 4.79 Å². The summed E-state index contributed by atoms with van der Waals surface area (Å²) in [4.78, 5) is 11.9. The van der Waals surface area contributed by atoms with Crippen molar-refractivity contribution < 1.29 is 13.6 Å². The molecule has 0 atom stereocenters. The van der Waals surface area contributed by atoms with Gasteiger partial charge in [-0.05, 0) is 50.3 Å². The van der Waals surface area contributed by atoms with Crippen molar-refractivity contribution in [2.24, 2.45) is 0 Å². The number of carbonyl (C=O) groups excluding carboxylic acids is 1. The van der Waals surface area contributed by atoms with Gasteiger partial charge in [0.25, 0.3) is 0 Å². The van der Waals surface area contributed by atoms with Crippen molar-refractivity contribution in [1.82, 2.24) is 0 Å². The summed E-state index contributed by atoms with van der Waals surface area (Å²) < 4.78 is 11.0. The van der Waals surface area contributed by atoms with E-state index in [9.17, 15) is 4.79 Å². The Hall–Kier alpha value is -2.81. The molecular formula is C19H16O3. The molecule has 0 bridgehead atoms. The van der Waals surface area contributed by atoms with Crippen LogP contribution in [0.5, 0.6) is 0 Å². The van der Waals surface area contributed by atoms with Crippen molar-refractivity contribution in [3.05, 3.63) is 77.5 Å². The maximum atomic E-state index is 11.9. The number of hydrogen-bond acceptors (Lipinski definition) is 3. The number of carbonyl (C=O) groups is 1. The molecule has 0 unspecified atom stereocenters. The van der Waals surface area contributed by atoms with Gasteiger partial charge in [0.1, 0.15) is 17.3 Å². The predicted molar refractivity (Wildman–Crippen MR) is 85.7 cm³/mol. The van der Waals surface area contributed by atoms with Crippen LogP contribution in [0.4, 0.5) is 0 Å². The van der Waals surface area contributed by atoms with Gasteiger partial charge in [-0.15, -0.1) is 0 Å². The van der Waals surface area contributed by atoms with Crippen LogP contribution in [0.15, 0.2) is 63.4 Å². The van der Waals surface area contributed by atoms with E-state index in [1.54, 1.807) is 25.1 Å². The molecule has 0 aliphatic heterocycles. The summed E-state index contributed by atoms with van der Waals surface area (Å²) in [5.74, 6) is 2.28. The third kappa shape index (κ3) is 3.09. The molecule has 0 saturated carbocycles. The minimum Gasteiger partial charge on any atom is -0.458 e. The van der Waals surface area contributed by atoms with Crippen LogP contribution in [0, 0.1) is 13.8 Å². The minimum atomic E-state index is -0.179. The number of furan rings is 2. The molecule has 110 valence electrons. The summed E-state index contributed by atoms with van der Waals surface area (Å²) in [6.07, 6.45) is 3.11. The molecule has 0 amide bonds. The Labute approximate surface area is 128 Å². The maximum Gasteiger partial charge on any atom is 0.221 e. The highest BCUT2D eigenvalue weighted by Crippen LogP contribution is 2.23. The molecule has 0 radical (unpaired) electrons. The van der Waals surface area contributed by atoms with Crippen LogP contribution in [0.3, 0.4) is 0 Å². The fraction of sp³-hybridized carbons (Fsp3) is 0.105. The van der Waals surface area contributed by atoms with E-state index in [0.29, 0.717) is 11.5 Å². The van der Waals surface area contributed by atoms with E-state index in [1.807, 2.05) is 43.3 Å². The molecule has 3 heteroatoms. The lowest BCUT2D eigenvalue weighted by Crippen LogP contribution is -1.90. The first kappa shape index (κ1) is 14.1. The summed E-state index contributed by atoms with van der Waals surface area (Å²) >= 11 is 0. The van der Waals surface area contributed by atoms with Gasteiger partial charge in [0, 0.05) is 5.56 Å². The number of aryl methyl sites for hydroxylation is 2. The Morgan fingerprint density at radius 1 is 0.909 bits per heavy atom. The van der Waals surface area contributed by atoms with E-state index in [1.165, 1.54) is 11.6 Å². The predicted octanol–water partition coefficient (Wildman–Crippen LogP) is 5.05. The molecule has 2 heterocycles. The Bertz CT molecular complexity index is 816. The summed E-state index contributed by atoms with van der Waals surface area (Å²) in [5, 5.41) is 0. The molecule has 0 spiro atoms. The molecular weight excluding hydrogens is 276 g/mol. The van der Waals surface area contributed by atoms with Crippen LogP contribution in [0.2, 0.25) is 0 Å². The van der Waals surface area contributed by atoms with Crippen LogP contribution in [-0.4, -0.2) is 5.78 Å². The van der Waals surface area contributed by atoms with Gasteiger partial charge in [-0.2, -0.15) is 0 Å². The smallest absolute Gasteiger partial charge is 0.221 e. The highest BCUT2D eigenvalue weighted by molar-refractivity contribution is 6.04. The van der Waals surface area contributed by atoms with Crippen LogP contribution < -0.4 is 0 Å². The Morgan fingerprint density at radius 2 is 1.68 bits per heavy atom. The average molecular weight is 292 g/mol. The fourth-order valence-corrected chi connectivity index (χ4v) is 2.12. The Kier molecular flexibility index (Phi) is 3.79. The molecule has 22 heavy (non-hydrogen) atoms. The van der Waals surface area contributed by atoms with E-state index in [2.05, 4.69) is 0 Å². The van der Waals surface area contributed by atoms with Gasteiger partial charge in [-0.1, -0.05) is 29.8 Å². The summed E-state index contributed by atoms with van der Waals surface area (Å²) in [6.45, 7) is 3.85. The lowest BCUT2D eigenvalue weighted by atomic mass is 10.1. The number of hydrogen-bond donors (Lipinski definition) is 0. The number of ketones is 1. The molecule has 0 fully saturated rings. The van der Waals surface area contributed by atoms with Crippen molar-refractivity contribution in [1.29, 1.82) is 0 Å². The molecule has 0 saturated heterocycles. The first-order chi connectivity index (χ1) is 10.6. The lowest BCUT2D eigenvalue weighted by Gasteiger charge is -1.97. The zero-order valence-corrected chi connectivity index (χ0v) is 12.5. The van der Waals surface area contributed by atoms with Gasteiger partial charge in [0.05, 0.1) is 0 Å². The Morgan fingerprint density at radius 3 is 2.36 bits per heavy atom. The number of allylic oxidation sites excluding steroid dienone is 1. The fourth-order valence-electron chi connectivity index (χ4n) is 2.12. The SMILES string of the molecule is Cc1ccc(-c2ccc(C=CC(=O)c3ccc(C)o3)o2)cc1. The third-order valence-electron chi connectivity index (χ3n) is 3.35. The molecule has 3 rings (SSSR count). The standard InChI is InChI=1S/C19H16O3/c1-13-3-6-15(7-4-13)18-12-9-16(22-18)8-10-17(20)19-11-5-14(2)21-19/h3-12H,1-2H3. The van der Waals surface area contributed by atoms with Crippen molar-refractivity contribution in [2.75, 3.05) is 0 Å². The quantitative estimate of drug-likeness (QED) is 0.499. The molecule has 0 N–H and O–H groups in total. The van der Waals surface area contributed by atoms with Crippen molar-refractivity contribution in [3.8, 4) is 11.3 Å². The molecule has 1 aromatic carbocycles. The second-order valence-corrected chi connectivity index (χ2v) is 5.18. The van der Waals surface area contributed by atoms with Gasteiger partial charge in [0.2, 0.25) is 5.78 Å². The second kappa shape index (κ2) is 5.90. The van der Waals surface area contributed by atoms with E-state index >= 15 is 0 Å². The van der Waals surface area contributed by atoms with Gasteiger partial charge in [-0.25, -0.2) is 0 Å². The second-order valence-electron chi connectivity index (χ2n) is 5.18. The van der Waals surface area contributed by atoms with Gasteiger partial charge >= 0.3 is 0 Å². The van der Waals surface area contributed by atoms with E-state index in [-0.39, 0.29) is 5.78 Å². The summed E-state index contributed by atoms with van der Waals surface area (Å²) in [5.41, 5.74) is 2.22. The highest BCUT2D eigenvalue weighted by Gasteiger charge is 2.07. The monoisotopic (exact) mass is 292 g/mol. The van der Waals surface area contributed by atoms with Crippen LogP contribution in [0.1, 0.15) is 27.6 Å². The zero-order valence-electron chi connectivity index (χ0n) is 12.5. The number of rotatable bonds is 4. The largest absolute Gasteiger partial charge is 0.458 e. The van der Waals surface area contributed by atoms with Crippen LogP contribution in [-0.2, 0) is 0 Å². The Balaban J connectivity index is 1.75. The van der Waals surface area contributed by atoms with Gasteiger partial charge in [0.15, 0.2) is 5.76 Å². The minimum absolute atomic E-state index is 0.179. The van der Waals surface area contributed by atoms with Crippen LogP contribution >= 0.6 is 0 Å². The van der Waals surface area contributed by atoms with Crippen LogP contribution in [0.25, 0.3) is 17.4 Å². The molecule has 3 nitrogen and oxygen atoms in total. The lowest BCUT2D eigenvalue weighted by molar-refractivity contribution is 0.102. The maximum absolute atomic E-state index is 11.9. The van der Waals surface area contributed by atoms with Crippen molar-refractivity contribution >= 4 is 11.9 Å². The molecule has 2 aromatic heterocycles. The van der Waals surface area contributed by atoms with E-state index in [0.717, 1.165) is 17.1 Å². The zero-order chi connectivity index (χ0) is 15.5. The normalized spacial score (nSPS) is 11.2. The molecule has 0 aliphatic rings. The van der Waals surface area contributed by atoms with Gasteiger partial charge < -0.3 is 8.83 Å². The molecule has 0 aliphatic carbocycles. The topological polar surface area (TPSA) is 43.4 Å². The summed E-state index contributed by atoms with van der Waals surface area (Å²) in [7, 11) is 0. The molecule has 3 aromatic rings. The summed E-state index contributed by atoms with van der Waals surface area (Å²) in [6, 6.07) is 15.3. The number of benzene rings is 1. The van der Waals surface area contributed by atoms with E-state index in [4.69, 9.17) is 8.83 Å². The van der Waals surface area contributed by atoms with E-state index < -0.39 is 0 Å². The average Bonchev–Trinajstić information content (AvgIpc) is 3.15. The van der Waals surface area contributed by atoms with Crippen molar-refractivity contribution in [3.63, 3.8) is 0 Å². The first-order valence-corrected chi connectivity index (χ1v) is 7.07. The van der Waals surface area contributed by atoms with Crippen molar-refractivity contribution in [2.45, 2.75) is 13.8 Å². The third-order valence-corrected chi connectivity index (χ3v) is 3.35. The first-order valence-electron chi connectivity index (χ1n) is 7.07. The highest BCUT2D eigenvalue weighted by atomic mass is 16.3.